The first kappa shape index (κ1) is 22.3. The molecule has 0 radical (unpaired) electrons. The minimum absolute atomic E-state index is 0.00698. The maximum absolute atomic E-state index is 12.2. The van der Waals surface area contributed by atoms with E-state index in [9.17, 15) is 14.4 Å². The van der Waals surface area contributed by atoms with Crippen molar-refractivity contribution in [1.29, 1.82) is 0 Å². The number of carbonyl (C=O) groups excluding carboxylic acids is 2. The number of nitrogens with zero attached hydrogens (tertiary/aromatic N) is 1. The summed E-state index contributed by atoms with van der Waals surface area (Å²) in [6.07, 6.45) is 6.38. The molecule has 4 rings (SSSR count). The van der Waals surface area contributed by atoms with Gasteiger partial charge in [-0.2, -0.15) is 0 Å². The number of amides is 2. The fourth-order valence-electron chi connectivity index (χ4n) is 4.86. The Kier molecular flexibility index (Phi) is 6.74. The summed E-state index contributed by atoms with van der Waals surface area (Å²) in [6, 6.07) is 10.1. The molecular weight excluding hydrogens is 404 g/mol. The number of likely N-dealkylation sites (tertiary alicyclic amines) is 1. The molecule has 2 aliphatic rings. The number of H-pyrrole nitrogens is 1. The molecule has 170 valence electrons. The molecule has 7 nitrogen and oxygen atoms in total. The highest BCUT2D eigenvalue weighted by atomic mass is 16.2. The maximum atomic E-state index is 12.2. The van der Waals surface area contributed by atoms with Crippen LogP contribution in [-0.4, -0.2) is 53.4 Å². The second-order valence-electron chi connectivity index (χ2n) is 9.22. The third-order valence-corrected chi connectivity index (χ3v) is 6.76. The number of rotatable bonds is 6. The predicted octanol–water partition coefficient (Wildman–Crippen LogP) is 2.25. The summed E-state index contributed by atoms with van der Waals surface area (Å²) >= 11 is 0. The Hall–Kier alpha value is -2.93. The van der Waals surface area contributed by atoms with Crippen LogP contribution in [0.5, 0.6) is 0 Å². The van der Waals surface area contributed by atoms with Gasteiger partial charge in [0.1, 0.15) is 0 Å². The second kappa shape index (κ2) is 9.69. The van der Waals surface area contributed by atoms with Gasteiger partial charge < -0.3 is 15.6 Å². The SMILES string of the molecule is Cc1cccc(C(=O)NCC(=O)NC2CN([C@H]3CC[C@@H](c4c[nH]c(=O)c(C)c4)CC3)C2)c1. The Bertz CT molecular complexity index is 1030. The first-order valence-corrected chi connectivity index (χ1v) is 11.5. The molecular formula is C25H32N4O3. The number of nitrogens with one attached hydrogen (secondary N) is 3. The van der Waals surface area contributed by atoms with Crippen molar-refractivity contribution in [1.82, 2.24) is 20.5 Å². The smallest absolute Gasteiger partial charge is 0.251 e. The van der Waals surface area contributed by atoms with Gasteiger partial charge in [0.2, 0.25) is 5.91 Å². The van der Waals surface area contributed by atoms with Gasteiger partial charge in [0.05, 0.1) is 12.6 Å². The first-order valence-electron chi connectivity index (χ1n) is 11.5. The topological polar surface area (TPSA) is 94.3 Å². The number of aryl methyl sites for hydroxylation is 2. The lowest BCUT2D eigenvalue weighted by atomic mass is 9.80. The van der Waals surface area contributed by atoms with Crippen LogP contribution in [0.2, 0.25) is 0 Å². The van der Waals surface area contributed by atoms with Gasteiger partial charge in [-0.1, -0.05) is 17.7 Å². The van der Waals surface area contributed by atoms with E-state index in [-0.39, 0.29) is 30.0 Å². The largest absolute Gasteiger partial charge is 0.349 e. The summed E-state index contributed by atoms with van der Waals surface area (Å²) in [5.41, 5.74) is 3.59. The van der Waals surface area contributed by atoms with Crippen molar-refractivity contribution in [2.24, 2.45) is 0 Å². The summed E-state index contributed by atoms with van der Waals surface area (Å²) < 4.78 is 0. The number of hydrogen-bond donors (Lipinski definition) is 3. The third-order valence-electron chi connectivity index (χ3n) is 6.76. The molecule has 0 bridgehead atoms. The van der Waals surface area contributed by atoms with Crippen LogP contribution in [0, 0.1) is 13.8 Å². The van der Waals surface area contributed by atoms with E-state index in [0.717, 1.165) is 49.9 Å². The highest BCUT2D eigenvalue weighted by molar-refractivity contribution is 5.96. The molecule has 2 fully saturated rings. The molecule has 1 aromatic carbocycles. The number of carbonyl (C=O) groups is 2. The molecule has 2 amide bonds. The molecule has 1 saturated carbocycles. The monoisotopic (exact) mass is 436 g/mol. The van der Waals surface area contributed by atoms with Gasteiger partial charge in [-0.15, -0.1) is 0 Å². The Morgan fingerprint density at radius 3 is 2.53 bits per heavy atom. The molecule has 0 spiro atoms. The molecule has 1 aliphatic carbocycles. The van der Waals surface area contributed by atoms with E-state index in [1.165, 1.54) is 5.56 Å². The fraction of sp³-hybridized carbons (Fsp3) is 0.480. The number of aromatic amines is 1. The number of benzene rings is 1. The number of aromatic nitrogens is 1. The van der Waals surface area contributed by atoms with Crippen LogP contribution in [0.1, 0.15) is 58.6 Å². The Morgan fingerprint density at radius 2 is 1.84 bits per heavy atom. The summed E-state index contributed by atoms with van der Waals surface area (Å²) in [5.74, 6) is 0.136. The lowest BCUT2D eigenvalue weighted by molar-refractivity contribution is -0.122. The highest BCUT2D eigenvalue weighted by Crippen LogP contribution is 2.35. The van der Waals surface area contributed by atoms with E-state index in [4.69, 9.17) is 0 Å². The maximum Gasteiger partial charge on any atom is 0.251 e. The lowest BCUT2D eigenvalue weighted by Gasteiger charge is -2.46. The van der Waals surface area contributed by atoms with E-state index in [1.807, 2.05) is 44.3 Å². The average Bonchev–Trinajstić information content (AvgIpc) is 2.76. The molecule has 0 unspecified atom stereocenters. The van der Waals surface area contributed by atoms with Crippen molar-refractivity contribution < 1.29 is 9.59 Å². The van der Waals surface area contributed by atoms with E-state index >= 15 is 0 Å². The number of pyridine rings is 1. The minimum Gasteiger partial charge on any atom is -0.349 e. The zero-order chi connectivity index (χ0) is 22.7. The van der Waals surface area contributed by atoms with Crippen LogP contribution in [0.15, 0.2) is 41.3 Å². The van der Waals surface area contributed by atoms with Gasteiger partial charge in [-0.25, -0.2) is 0 Å². The van der Waals surface area contributed by atoms with Gasteiger partial charge in [-0.05, 0) is 69.2 Å². The van der Waals surface area contributed by atoms with E-state index < -0.39 is 0 Å². The van der Waals surface area contributed by atoms with Gasteiger partial charge in [0.15, 0.2) is 0 Å². The van der Waals surface area contributed by atoms with Gasteiger partial charge in [-0.3, -0.25) is 19.3 Å². The quantitative estimate of drug-likeness (QED) is 0.647. The molecule has 1 aliphatic heterocycles. The molecule has 32 heavy (non-hydrogen) atoms. The summed E-state index contributed by atoms with van der Waals surface area (Å²) in [6.45, 7) is 5.52. The minimum atomic E-state index is -0.228. The van der Waals surface area contributed by atoms with E-state index in [2.05, 4.69) is 20.5 Å². The summed E-state index contributed by atoms with van der Waals surface area (Å²) in [4.78, 5) is 41.3. The normalized spacial score (nSPS) is 21.6. The van der Waals surface area contributed by atoms with Crippen LogP contribution in [-0.2, 0) is 4.79 Å². The van der Waals surface area contributed by atoms with Crippen molar-refractivity contribution in [3.8, 4) is 0 Å². The lowest BCUT2D eigenvalue weighted by Crippen LogP contribution is -2.63. The van der Waals surface area contributed by atoms with Crippen molar-refractivity contribution >= 4 is 11.8 Å². The molecule has 1 aromatic heterocycles. The molecule has 1 saturated heterocycles. The van der Waals surface area contributed by atoms with Crippen molar-refractivity contribution in [2.45, 2.75) is 57.5 Å². The van der Waals surface area contributed by atoms with Crippen LogP contribution in [0.25, 0.3) is 0 Å². The van der Waals surface area contributed by atoms with Crippen LogP contribution >= 0.6 is 0 Å². The van der Waals surface area contributed by atoms with Crippen molar-refractivity contribution in [2.75, 3.05) is 19.6 Å². The third kappa shape index (κ3) is 5.27. The Morgan fingerprint density at radius 1 is 1.09 bits per heavy atom. The molecule has 2 heterocycles. The summed E-state index contributed by atoms with van der Waals surface area (Å²) in [7, 11) is 0. The summed E-state index contributed by atoms with van der Waals surface area (Å²) in [5, 5.41) is 5.72. The molecule has 3 N–H and O–H groups in total. The first-order chi connectivity index (χ1) is 15.4. The van der Waals surface area contributed by atoms with Gasteiger partial charge in [0, 0.05) is 36.5 Å². The average molecular weight is 437 g/mol. The van der Waals surface area contributed by atoms with Gasteiger partial charge in [0.25, 0.3) is 11.5 Å². The number of hydrogen-bond acceptors (Lipinski definition) is 4. The Balaban J connectivity index is 1.16. The zero-order valence-corrected chi connectivity index (χ0v) is 18.8. The Labute approximate surface area is 188 Å². The molecule has 2 aromatic rings. The zero-order valence-electron chi connectivity index (χ0n) is 18.8. The van der Waals surface area contributed by atoms with Crippen LogP contribution in [0.3, 0.4) is 0 Å². The second-order valence-corrected chi connectivity index (χ2v) is 9.22. The fourth-order valence-corrected chi connectivity index (χ4v) is 4.86. The highest BCUT2D eigenvalue weighted by Gasteiger charge is 2.35. The molecule has 7 heteroatoms. The molecule has 0 atom stereocenters. The van der Waals surface area contributed by atoms with E-state index in [0.29, 0.717) is 17.5 Å². The van der Waals surface area contributed by atoms with Crippen molar-refractivity contribution in [3.63, 3.8) is 0 Å². The predicted molar refractivity (Wildman–Crippen MR) is 124 cm³/mol. The van der Waals surface area contributed by atoms with Crippen molar-refractivity contribution in [3.05, 3.63) is 69.1 Å². The van der Waals surface area contributed by atoms with Crippen LogP contribution in [0.4, 0.5) is 0 Å². The van der Waals surface area contributed by atoms with E-state index in [1.54, 1.807) is 6.07 Å². The van der Waals surface area contributed by atoms with Gasteiger partial charge >= 0.3 is 0 Å². The standard InChI is InChI=1S/C25H32N4O3/c1-16-4-3-5-19(10-16)25(32)27-13-23(30)28-21-14-29(15-21)22-8-6-18(7-9-22)20-11-17(2)24(31)26-12-20/h3-5,10-12,18,21-22H,6-9,13-15H2,1-2H3,(H,26,31)(H,27,32)(H,28,30)/t18-,22+. The van der Waals surface area contributed by atoms with Crippen LogP contribution < -0.4 is 16.2 Å².